The molecule has 2 rings (SSSR count). The lowest BCUT2D eigenvalue weighted by molar-refractivity contribution is 0.183. The first kappa shape index (κ1) is 15.5. The lowest BCUT2D eigenvalue weighted by Gasteiger charge is -2.06. The second-order valence-electron chi connectivity index (χ2n) is 4.59. The molecule has 0 atom stereocenters. The Kier molecular flexibility index (Phi) is 4.98. The number of nitrogens with one attached hydrogen (secondary N) is 1. The molecule has 1 aromatic heterocycles. The van der Waals surface area contributed by atoms with Gasteiger partial charge in [-0.15, -0.1) is 0 Å². The van der Waals surface area contributed by atoms with Crippen molar-refractivity contribution >= 4 is 15.7 Å². The van der Waals surface area contributed by atoms with Crippen LogP contribution in [0.2, 0.25) is 0 Å². The summed E-state index contributed by atoms with van der Waals surface area (Å²) >= 11 is 0. The quantitative estimate of drug-likeness (QED) is 0.847. The normalized spacial score (nSPS) is 11.5. The van der Waals surface area contributed by atoms with E-state index < -0.39 is 10.0 Å². The Morgan fingerprint density at radius 2 is 2.00 bits per heavy atom. The van der Waals surface area contributed by atoms with Crippen molar-refractivity contribution in [3.05, 3.63) is 42.2 Å². The Labute approximate surface area is 124 Å². The number of ether oxygens (including phenoxy) is 1. The van der Waals surface area contributed by atoms with Crippen LogP contribution in [0.1, 0.15) is 12.5 Å². The average Bonchev–Trinajstić information content (AvgIpc) is 2.92. The number of hydrogen-bond donors (Lipinski definition) is 1. The van der Waals surface area contributed by atoms with Crippen LogP contribution in [-0.4, -0.2) is 31.9 Å². The summed E-state index contributed by atoms with van der Waals surface area (Å²) in [5.41, 5.74) is 1.53. The molecule has 0 aliphatic carbocycles. The highest BCUT2D eigenvalue weighted by atomic mass is 32.2. The first-order valence-corrected chi connectivity index (χ1v) is 8.16. The maximum absolute atomic E-state index is 12.3. The third kappa shape index (κ3) is 4.05. The molecular weight excluding hydrogens is 290 g/mol. The Bertz CT molecular complexity index is 678. The van der Waals surface area contributed by atoms with Crippen LogP contribution in [0.15, 0.2) is 41.6 Å². The minimum Gasteiger partial charge on any atom is -0.383 e. The molecule has 7 heteroatoms. The number of nitrogens with zero attached hydrogens (tertiary/aromatic N) is 2. The van der Waals surface area contributed by atoms with Crippen LogP contribution in [0.5, 0.6) is 0 Å². The van der Waals surface area contributed by atoms with Crippen molar-refractivity contribution in [3.8, 4) is 0 Å². The highest BCUT2D eigenvalue weighted by molar-refractivity contribution is 7.92. The number of rotatable bonds is 7. The van der Waals surface area contributed by atoms with Crippen molar-refractivity contribution in [2.24, 2.45) is 0 Å². The fraction of sp³-hybridized carbons (Fsp3) is 0.357. The second-order valence-corrected chi connectivity index (χ2v) is 6.27. The molecule has 1 aromatic carbocycles. The lowest BCUT2D eigenvalue weighted by Crippen LogP contribution is -2.12. The zero-order valence-corrected chi connectivity index (χ0v) is 12.9. The molecule has 21 heavy (non-hydrogen) atoms. The van der Waals surface area contributed by atoms with Gasteiger partial charge < -0.3 is 4.74 Å². The van der Waals surface area contributed by atoms with E-state index in [4.69, 9.17) is 4.74 Å². The summed E-state index contributed by atoms with van der Waals surface area (Å²) in [4.78, 5) is 0.240. The Balaban J connectivity index is 2.10. The zero-order valence-electron chi connectivity index (χ0n) is 12.1. The topological polar surface area (TPSA) is 73.2 Å². The Morgan fingerprint density at radius 3 is 2.62 bits per heavy atom. The smallest absolute Gasteiger partial charge is 0.261 e. The van der Waals surface area contributed by atoms with Gasteiger partial charge in [0.2, 0.25) is 0 Å². The number of benzene rings is 1. The molecule has 2 aromatic rings. The van der Waals surface area contributed by atoms with Crippen molar-refractivity contribution in [2.45, 2.75) is 24.8 Å². The highest BCUT2D eigenvalue weighted by Crippen LogP contribution is 2.16. The van der Waals surface area contributed by atoms with Gasteiger partial charge in [0.15, 0.2) is 0 Å². The maximum atomic E-state index is 12.3. The van der Waals surface area contributed by atoms with Crippen molar-refractivity contribution in [1.29, 1.82) is 0 Å². The summed E-state index contributed by atoms with van der Waals surface area (Å²) in [5.74, 6) is 0. The molecular formula is C14H19N3O3S. The molecule has 0 amide bonds. The second kappa shape index (κ2) is 6.73. The molecule has 0 saturated heterocycles. The highest BCUT2D eigenvalue weighted by Gasteiger charge is 2.14. The van der Waals surface area contributed by atoms with Crippen molar-refractivity contribution in [3.63, 3.8) is 0 Å². The number of hydrogen-bond acceptors (Lipinski definition) is 4. The van der Waals surface area contributed by atoms with Crippen LogP contribution in [-0.2, 0) is 27.7 Å². The third-order valence-corrected chi connectivity index (χ3v) is 4.45. The van der Waals surface area contributed by atoms with E-state index in [9.17, 15) is 8.42 Å². The van der Waals surface area contributed by atoms with Gasteiger partial charge in [0.25, 0.3) is 10.0 Å². The van der Waals surface area contributed by atoms with Crippen LogP contribution in [0.4, 0.5) is 5.69 Å². The predicted octanol–water partition coefficient (Wildman–Crippen LogP) is 1.89. The van der Waals surface area contributed by atoms with Gasteiger partial charge in [0.05, 0.1) is 29.9 Å². The summed E-state index contributed by atoms with van der Waals surface area (Å²) in [6.45, 7) is 3.12. The molecule has 0 aliphatic rings. The summed E-state index contributed by atoms with van der Waals surface area (Å²) in [6, 6.07) is 6.85. The standard InChI is InChI=1S/C14H19N3O3S/c1-3-12-4-6-14(7-5-12)21(18,19)16-13-10-15-17(11-13)8-9-20-2/h4-7,10-11,16H,3,8-9H2,1-2H3. The molecule has 0 radical (unpaired) electrons. The summed E-state index contributed by atoms with van der Waals surface area (Å²) in [6.07, 6.45) is 3.99. The molecule has 0 aliphatic heterocycles. The minimum atomic E-state index is -3.58. The van der Waals surface area contributed by atoms with Crippen LogP contribution in [0, 0.1) is 0 Å². The number of aryl methyl sites for hydroxylation is 1. The number of anilines is 1. The Hall–Kier alpha value is -1.86. The summed E-state index contributed by atoms with van der Waals surface area (Å²) in [5, 5.41) is 4.07. The van der Waals surface area contributed by atoms with Gasteiger partial charge in [-0.25, -0.2) is 8.42 Å². The van der Waals surface area contributed by atoms with Gasteiger partial charge in [0, 0.05) is 13.3 Å². The average molecular weight is 309 g/mol. The van der Waals surface area contributed by atoms with Crippen molar-refractivity contribution in [1.82, 2.24) is 9.78 Å². The van der Waals surface area contributed by atoms with Crippen LogP contribution < -0.4 is 4.72 Å². The zero-order chi connectivity index (χ0) is 15.3. The van der Waals surface area contributed by atoms with E-state index in [1.165, 1.54) is 6.20 Å². The van der Waals surface area contributed by atoms with E-state index >= 15 is 0 Å². The number of methoxy groups -OCH3 is 1. The van der Waals surface area contributed by atoms with Gasteiger partial charge in [-0.1, -0.05) is 19.1 Å². The fourth-order valence-electron chi connectivity index (χ4n) is 1.84. The number of aromatic nitrogens is 2. The van der Waals surface area contributed by atoms with E-state index in [1.54, 1.807) is 30.1 Å². The molecule has 0 bridgehead atoms. The van der Waals surface area contributed by atoms with E-state index in [2.05, 4.69) is 9.82 Å². The fourth-order valence-corrected chi connectivity index (χ4v) is 2.87. The molecule has 0 fully saturated rings. The molecule has 1 heterocycles. The van der Waals surface area contributed by atoms with E-state index in [0.29, 0.717) is 18.8 Å². The van der Waals surface area contributed by atoms with E-state index in [0.717, 1.165) is 12.0 Å². The minimum absolute atomic E-state index is 0.240. The van der Waals surface area contributed by atoms with Crippen LogP contribution in [0.25, 0.3) is 0 Å². The largest absolute Gasteiger partial charge is 0.383 e. The monoisotopic (exact) mass is 309 g/mol. The van der Waals surface area contributed by atoms with Gasteiger partial charge in [-0.3, -0.25) is 9.40 Å². The van der Waals surface area contributed by atoms with Crippen molar-refractivity contribution < 1.29 is 13.2 Å². The van der Waals surface area contributed by atoms with E-state index in [1.807, 2.05) is 19.1 Å². The molecule has 0 spiro atoms. The first-order valence-electron chi connectivity index (χ1n) is 6.68. The first-order chi connectivity index (χ1) is 10.0. The molecule has 0 saturated carbocycles. The van der Waals surface area contributed by atoms with Gasteiger partial charge >= 0.3 is 0 Å². The van der Waals surface area contributed by atoms with Gasteiger partial charge in [0.1, 0.15) is 0 Å². The maximum Gasteiger partial charge on any atom is 0.261 e. The molecule has 6 nitrogen and oxygen atoms in total. The molecule has 1 N–H and O–H groups in total. The Morgan fingerprint density at radius 1 is 1.29 bits per heavy atom. The van der Waals surface area contributed by atoms with E-state index in [-0.39, 0.29) is 4.90 Å². The van der Waals surface area contributed by atoms with Gasteiger partial charge in [-0.05, 0) is 24.1 Å². The number of sulfonamides is 1. The predicted molar refractivity (Wildman–Crippen MR) is 80.7 cm³/mol. The lowest BCUT2D eigenvalue weighted by atomic mass is 10.2. The summed E-state index contributed by atoms with van der Waals surface area (Å²) < 4.78 is 33.6. The summed E-state index contributed by atoms with van der Waals surface area (Å²) in [7, 11) is -1.98. The van der Waals surface area contributed by atoms with Crippen LogP contribution in [0.3, 0.4) is 0 Å². The molecule has 114 valence electrons. The SMILES string of the molecule is CCc1ccc(S(=O)(=O)Nc2cnn(CCOC)c2)cc1. The third-order valence-electron chi connectivity index (χ3n) is 3.05. The van der Waals surface area contributed by atoms with Crippen molar-refractivity contribution in [2.75, 3.05) is 18.4 Å². The van der Waals surface area contributed by atoms with Gasteiger partial charge in [-0.2, -0.15) is 5.10 Å². The van der Waals surface area contributed by atoms with Crippen LogP contribution >= 0.6 is 0 Å². The molecule has 0 unspecified atom stereocenters.